The van der Waals surface area contributed by atoms with E-state index in [2.05, 4.69) is 20.1 Å². The highest BCUT2D eigenvalue weighted by Crippen LogP contribution is 2.31. The van der Waals surface area contributed by atoms with Gasteiger partial charge in [-0.3, -0.25) is 4.79 Å². The van der Waals surface area contributed by atoms with Crippen LogP contribution in [-0.4, -0.2) is 66.1 Å². The van der Waals surface area contributed by atoms with Gasteiger partial charge in [0.05, 0.1) is 11.9 Å². The van der Waals surface area contributed by atoms with Gasteiger partial charge in [-0.2, -0.15) is 11.8 Å². The van der Waals surface area contributed by atoms with Gasteiger partial charge in [0, 0.05) is 42.6 Å². The summed E-state index contributed by atoms with van der Waals surface area (Å²) in [6, 6.07) is 2.15. The number of furan rings is 1. The Morgan fingerprint density at radius 1 is 1.23 bits per heavy atom. The molecular weight excluding hydrogens is 348 g/mol. The molecule has 26 heavy (non-hydrogen) atoms. The zero-order chi connectivity index (χ0) is 17.5. The number of aromatic nitrogens is 1. The van der Waals surface area contributed by atoms with Crippen LogP contribution in [0.4, 0.5) is 5.69 Å². The molecule has 7 heteroatoms. The van der Waals surface area contributed by atoms with Crippen molar-refractivity contribution in [3.8, 4) is 0 Å². The van der Waals surface area contributed by atoms with E-state index in [-0.39, 0.29) is 11.9 Å². The second kappa shape index (κ2) is 6.78. The second-order valence-electron chi connectivity index (χ2n) is 7.50. The van der Waals surface area contributed by atoms with Crippen molar-refractivity contribution >= 4 is 34.3 Å². The molecule has 6 heterocycles. The summed E-state index contributed by atoms with van der Waals surface area (Å²) in [7, 11) is 0. The number of amides is 1. The predicted molar refractivity (Wildman–Crippen MR) is 104 cm³/mol. The highest BCUT2D eigenvalue weighted by Gasteiger charge is 2.35. The Labute approximate surface area is 157 Å². The van der Waals surface area contributed by atoms with Crippen LogP contribution in [0, 0.1) is 5.92 Å². The number of nitrogens with zero attached hydrogens (tertiary/aromatic N) is 3. The fraction of sp³-hybridized carbons (Fsp3) is 0.579. The highest BCUT2D eigenvalue weighted by molar-refractivity contribution is 7.99. The third-order valence-corrected chi connectivity index (χ3v) is 6.94. The van der Waals surface area contributed by atoms with Gasteiger partial charge in [0.25, 0.3) is 5.91 Å². The van der Waals surface area contributed by atoms with E-state index in [1.807, 2.05) is 17.8 Å². The van der Waals surface area contributed by atoms with Gasteiger partial charge in [0.1, 0.15) is 12.0 Å². The SMILES string of the molecule is O=C(N[C@H]1CN2CCC1CC2)c1cc2c(N3CCSCC3)coc2cn1. The van der Waals surface area contributed by atoms with Gasteiger partial charge < -0.3 is 19.5 Å². The number of carbonyl (C=O) groups excluding carboxylic acids is 1. The smallest absolute Gasteiger partial charge is 0.270 e. The van der Waals surface area contributed by atoms with Gasteiger partial charge in [-0.05, 0) is 37.9 Å². The van der Waals surface area contributed by atoms with Crippen molar-refractivity contribution in [2.75, 3.05) is 49.1 Å². The molecule has 0 aromatic carbocycles. The first kappa shape index (κ1) is 16.4. The number of rotatable bonds is 3. The molecular formula is C19H24N4O2S. The number of pyridine rings is 1. The average Bonchev–Trinajstić information content (AvgIpc) is 3.13. The zero-order valence-corrected chi connectivity index (χ0v) is 15.6. The van der Waals surface area contributed by atoms with Crippen LogP contribution < -0.4 is 10.2 Å². The van der Waals surface area contributed by atoms with E-state index in [0.717, 1.165) is 47.8 Å². The highest BCUT2D eigenvalue weighted by atomic mass is 32.2. The second-order valence-corrected chi connectivity index (χ2v) is 8.73. The lowest BCUT2D eigenvalue weighted by Gasteiger charge is -2.44. The maximum absolute atomic E-state index is 12.8. The number of carbonyl (C=O) groups is 1. The summed E-state index contributed by atoms with van der Waals surface area (Å²) in [5, 5.41) is 4.22. The number of thioether (sulfide) groups is 1. The normalized spacial score (nSPS) is 28.5. The molecule has 0 spiro atoms. The Morgan fingerprint density at radius 2 is 2.04 bits per heavy atom. The Morgan fingerprint density at radius 3 is 2.77 bits per heavy atom. The number of anilines is 1. The maximum atomic E-state index is 12.8. The summed E-state index contributed by atoms with van der Waals surface area (Å²) >= 11 is 1.98. The van der Waals surface area contributed by atoms with E-state index in [0.29, 0.717) is 11.6 Å². The average molecular weight is 372 g/mol. The van der Waals surface area contributed by atoms with Crippen molar-refractivity contribution in [2.24, 2.45) is 5.92 Å². The Balaban J connectivity index is 1.37. The molecule has 2 aromatic rings. The van der Waals surface area contributed by atoms with E-state index in [1.165, 1.54) is 25.9 Å². The molecule has 138 valence electrons. The fourth-order valence-corrected chi connectivity index (χ4v) is 5.37. The predicted octanol–water partition coefficient (Wildman–Crippen LogP) is 2.20. The third kappa shape index (κ3) is 2.97. The van der Waals surface area contributed by atoms with Crippen molar-refractivity contribution in [2.45, 2.75) is 18.9 Å². The van der Waals surface area contributed by atoms with Crippen LogP contribution in [0.15, 0.2) is 22.9 Å². The van der Waals surface area contributed by atoms with Crippen LogP contribution >= 0.6 is 11.8 Å². The molecule has 4 aliphatic heterocycles. The summed E-state index contributed by atoms with van der Waals surface area (Å²) in [6.45, 7) is 5.36. The molecule has 1 amide bonds. The van der Waals surface area contributed by atoms with Crippen molar-refractivity contribution < 1.29 is 9.21 Å². The number of nitrogens with one attached hydrogen (secondary N) is 1. The van der Waals surface area contributed by atoms with Crippen LogP contribution in [0.1, 0.15) is 23.3 Å². The molecule has 0 aliphatic carbocycles. The van der Waals surface area contributed by atoms with Crippen LogP contribution in [-0.2, 0) is 0 Å². The minimum Gasteiger partial charge on any atom is -0.460 e. The van der Waals surface area contributed by atoms with Gasteiger partial charge in [-0.15, -0.1) is 0 Å². The van der Waals surface area contributed by atoms with Gasteiger partial charge in [0.15, 0.2) is 5.58 Å². The van der Waals surface area contributed by atoms with Gasteiger partial charge >= 0.3 is 0 Å². The topological polar surface area (TPSA) is 61.6 Å². The summed E-state index contributed by atoms with van der Waals surface area (Å²) in [5.74, 6) is 2.81. The molecule has 0 saturated carbocycles. The fourth-order valence-electron chi connectivity index (χ4n) is 4.46. The lowest BCUT2D eigenvalue weighted by molar-refractivity contribution is 0.0618. The lowest BCUT2D eigenvalue weighted by atomic mass is 9.84. The van der Waals surface area contributed by atoms with Gasteiger partial charge in [0.2, 0.25) is 0 Å². The number of hydrogen-bond donors (Lipinski definition) is 1. The van der Waals surface area contributed by atoms with Crippen molar-refractivity contribution in [1.29, 1.82) is 0 Å². The molecule has 1 N–H and O–H groups in total. The molecule has 4 saturated heterocycles. The largest absolute Gasteiger partial charge is 0.460 e. The van der Waals surface area contributed by atoms with Crippen LogP contribution in [0.5, 0.6) is 0 Å². The molecule has 4 fully saturated rings. The van der Waals surface area contributed by atoms with Crippen LogP contribution in [0.2, 0.25) is 0 Å². The first-order valence-electron chi connectivity index (χ1n) is 9.51. The summed E-state index contributed by atoms with van der Waals surface area (Å²) in [6.07, 6.45) is 5.87. The molecule has 2 aromatic heterocycles. The van der Waals surface area contributed by atoms with Crippen LogP contribution in [0.25, 0.3) is 11.0 Å². The van der Waals surface area contributed by atoms with Crippen molar-refractivity contribution in [3.05, 3.63) is 24.2 Å². The number of piperidine rings is 3. The Hall–Kier alpha value is -1.73. The monoisotopic (exact) mass is 372 g/mol. The number of hydrogen-bond acceptors (Lipinski definition) is 6. The van der Waals surface area contributed by atoms with Crippen LogP contribution in [0.3, 0.4) is 0 Å². The molecule has 6 nitrogen and oxygen atoms in total. The lowest BCUT2D eigenvalue weighted by Crippen LogP contribution is -2.57. The molecule has 0 radical (unpaired) electrons. The molecule has 6 rings (SSSR count). The number of fused-ring (bicyclic) bond motifs is 4. The first-order chi connectivity index (χ1) is 12.8. The van der Waals surface area contributed by atoms with Gasteiger partial charge in [-0.25, -0.2) is 4.98 Å². The van der Waals surface area contributed by atoms with E-state index in [1.54, 1.807) is 12.5 Å². The van der Waals surface area contributed by atoms with Crippen molar-refractivity contribution in [1.82, 2.24) is 15.2 Å². The minimum atomic E-state index is -0.0630. The summed E-state index contributed by atoms with van der Waals surface area (Å²) in [4.78, 5) is 21.9. The minimum absolute atomic E-state index is 0.0630. The van der Waals surface area contributed by atoms with E-state index in [9.17, 15) is 4.79 Å². The van der Waals surface area contributed by atoms with E-state index >= 15 is 0 Å². The first-order valence-corrected chi connectivity index (χ1v) is 10.7. The third-order valence-electron chi connectivity index (χ3n) is 6.00. The quantitative estimate of drug-likeness (QED) is 0.891. The van der Waals surface area contributed by atoms with Crippen molar-refractivity contribution in [3.63, 3.8) is 0 Å². The van der Waals surface area contributed by atoms with Gasteiger partial charge in [-0.1, -0.05) is 0 Å². The molecule has 2 bridgehead atoms. The molecule has 1 atom stereocenters. The summed E-state index contributed by atoms with van der Waals surface area (Å²) < 4.78 is 5.68. The molecule has 4 aliphatic rings. The maximum Gasteiger partial charge on any atom is 0.270 e. The zero-order valence-electron chi connectivity index (χ0n) is 14.8. The molecule has 0 unspecified atom stereocenters. The Bertz CT molecular complexity index is 809. The Kier molecular flexibility index (Phi) is 4.29. The van der Waals surface area contributed by atoms with E-state index < -0.39 is 0 Å². The summed E-state index contributed by atoms with van der Waals surface area (Å²) in [5.41, 5.74) is 2.32. The van der Waals surface area contributed by atoms with E-state index in [4.69, 9.17) is 4.42 Å². The standard InChI is InChI=1S/C19H24N4O2S/c24-19(21-16-11-22-3-1-13(16)2-4-22)15-9-14-17(12-25-18(14)10-20-15)23-5-7-26-8-6-23/h9-10,12-13,16H,1-8,11H2,(H,21,24)/t16-/m0/s1.